The van der Waals surface area contributed by atoms with Crippen LogP contribution in [0.3, 0.4) is 0 Å². The molecule has 1 aliphatic carbocycles. The summed E-state index contributed by atoms with van der Waals surface area (Å²) in [6.07, 6.45) is 4.87. The van der Waals surface area contributed by atoms with E-state index >= 15 is 0 Å². The molecule has 0 radical (unpaired) electrons. The van der Waals surface area contributed by atoms with Crippen LogP contribution in [0, 0.1) is 5.92 Å². The van der Waals surface area contributed by atoms with E-state index in [0.29, 0.717) is 28.0 Å². The highest BCUT2D eigenvalue weighted by atomic mass is 35.5. The molecule has 2 aliphatic rings. The fraction of sp³-hybridized carbons (Fsp3) is 0.304. The lowest BCUT2D eigenvalue weighted by atomic mass is 9.77. The quantitative estimate of drug-likeness (QED) is 0.518. The zero-order valence-electron chi connectivity index (χ0n) is 16.4. The number of anilines is 1. The van der Waals surface area contributed by atoms with Gasteiger partial charge in [-0.2, -0.15) is 0 Å². The third-order valence-corrected chi connectivity index (χ3v) is 6.88. The minimum absolute atomic E-state index is 0.208. The van der Waals surface area contributed by atoms with Gasteiger partial charge in [-0.05, 0) is 42.9 Å². The number of nitrogens with zero attached hydrogens (tertiary/aromatic N) is 2. The lowest BCUT2D eigenvalue weighted by Crippen LogP contribution is -2.39. The number of hydrogen-bond donors (Lipinski definition) is 3. The van der Waals surface area contributed by atoms with E-state index in [4.69, 9.17) is 23.2 Å². The van der Waals surface area contributed by atoms with Gasteiger partial charge < -0.3 is 5.32 Å². The fourth-order valence-corrected chi connectivity index (χ4v) is 4.94. The molecule has 4 unspecified atom stereocenters. The van der Waals surface area contributed by atoms with Gasteiger partial charge in [-0.1, -0.05) is 59.6 Å². The summed E-state index contributed by atoms with van der Waals surface area (Å²) in [7, 11) is 0. The molecule has 2 aromatic carbocycles. The van der Waals surface area contributed by atoms with Crippen molar-refractivity contribution in [3.8, 4) is 11.3 Å². The molecule has 1 aliphatic heterocycles. The minimum atomic E-state index is 0.208. The average Bonchev–Trinajstić information content (AvgIpc) is 3.20. The van der Waals surface area contributed by atoms with Gasteiger partial charge in [0.05, 0.1) is 21.8 Å². The second-order valence-electron chi connectivity index (χ2n) is 8.02. The van der Waals surface area contributed by atoms with Crippen LogP contribution in [0.15, 0.2) is 60.9 Å². The molecule has 5 nitrogen and oxygen atoms in total. The lowest BCUT2D eigenvalue weighted by Gasteiger charge is -2.34. The number of rotatable bonds is 4. The summed E-state index contributed by atoms with van der Waals surface area (Å²) in [5.41, 5.74) is 10.1. The molecule has 1 saturated carbocycles. The first kappa shape index (κ1) is 19.8. The number of aromatic nitrogens is 2. The zero-order valence-corrected chi connectivity index (χ0v) is 17.9. The molecular formula is C23H23Cl2N5. The summed E-state index contributed by atoms with van der Waals surface area (Å²) in [4.78, 5) is 8.89. The molecule has 0 amide bonds. The Kier molecular flexibility index (Phi) is 5.61. The smallest absolute Gasteiger partial charge is 0.130 e. The van der Waals surface area contributed by atoms with Crippen LogP contribution in [-0.4, -0.2) is 22.1 Å². The van der Waals surface area contributed by atoms with E-state index in [1.165, 1.54) is 5.56 Å². The van der Waals surface area contributed by atoms with Gasteiger partial charge in [0.25, 0.3) is 0 Å². The van der Waals surface area contributed by atoms with Crippen molar-refractivity contribution in [1.29, 1.82) is 0 Å². The van der Waals surface area contributed by atoms with Gasteiger partial charge in [0.15, 0.2) is 0 Å². The molecule has 2 fully saturated rings. The standard InChI is InChI=1S/C23H23Cl2N5/c24-18-8-6-15(10-19(18)25)23-17-11-16(7-9-20(17)29-30-23)28-22-12-21(26-13-27-22)14-4-2-1-3-5-14/h1-6,8,10,12-13,16-17,20,23,29-30H,7,9,11H2,(H,26,27,28). The van der Waals surface area contributed by atoms with Crippen LogP contribution in [0.5, 0.6) is 0 Å². The highest BCUT2D eigenvalue weighted by Gasteiger charge is 2.41. The highest BCUT2D eigenvalue weighted by Crippen LogP contribution is 2.40. The van der Waals surface area contributed by atoms with Gasteiger partial charge in [0.2, 0.25) is 0 Å². The SMILES string of the molecule is Clc1ccc(C2NNC3CCC(Nc4cc(-c5ccccc5)ncn4)CC32)cc1Cl. The van der Waals surface area contributed by atoms with Crippen LogP contribution < -0.4 is 16.2 Å². The van der Waals surface area contributed by atoms with Crippen LogP contribution in [0.1, 0.15) is 30.9 Å². The Labute approximate surface area is 186 Å². The molecule has 1 aromatic heterocycles. The van der Waals surface area contributed by atoms with Gasteiger partial charge >= 0.3 is 0 Å². The number of hydrazine groups is 1. The Morgan fingerprint density at radius 2 is 1.77 bits per heavy atom. The molecule has 0 spiro atoms. The molecule has 3 aromatic rings. The number of hydrogen-bond acceptors (Lipinski definition) is 5. The molecule has 1 saturated heterocycles. The van der Waals surface area contributed by atoms with Crippen molar-refractivity contribution >= 4 is 29.0 Å². The van der Waals surface area contributed by atoms with E-state index in [1.54, 1.807) is 6.33 Å². The summed E-state index contributed by atoms with van der Waals surface area (Å²) in [6, 6.07) is 19.1. The third kappa shape index (κ3) is 4.03. The predicted molar refractivity (Wildman–Crippen MR) is 121 cm³/mol. The summed E-state index contributed by atoms with van der Waals surface area (Å²) < 4.78 is 0. The first-order valence-electron chi connectivity index (χ1n) is 10.3. The summed E-state index contributed by atoms with van der Waals surface area (Å²) in [6.45, 7) is 0. The predicted octanol–water partition coefficient (Wildman–Crippen LogP) is 5.25. The van der Waals surface area contributed by atoms with E-state index in [2.05, 4.69) is 44.3 Å². The van der Waals surface area contributed by atoms with Crippen molar-refractivity contribution in [2.45, 2.75) is 37.4 Å². The van der Waals surface area contributed by atoms with Crippen molar-refractivity contribution in [1.82, 2.24) is 20.8 Å². The van der Waals surface area contributed by atoms with Gasteiger partial charge in [0.1, 0.15) is 12.1 Å². The Hall–Kier alpha value is -2.18. The van der Waals surface area contributed by atoms with Crippen LogP contribution in [0.25, 0.3) is 11.3 Å². The molecule has 0 bridgehead atoms. The van der Waals surface area contributed by atoms with Gasteiger partial charge in [0, 0.05) is 23.7 Å². The Balaban J connectivity index is 1.31. The Morgan fingerprint density at radius 3 is 2.60 bits per heavy atom. The van der Waals surface area contributed by atoms with Crippen molar-refractivity contribution < 1.29 is 0 Å². The molecule has 4 atom stereocenters. The Bertz CT molecular complexity index is 1030. The molecule has 2 heterocycles. The molecule has 3 N–H and O–H groups in total. The maximum Gasteiger partial charge on any atom is 0.130 e. The van der Waals surface area contributed by atoms with Crippen molar-refractivity contribution in [3.63, 3.8) is 0 Å². The topological polar surface area (TPSA) is 61.9 Å². The summed E-state index contributed by atoms with van der Waals surface area (Å²) >= 11 is 12.4. The van der Waals surface area contributed by atoms with Crippen molar-refractivity contribution in [2.24, 2.45) is 5.92 Å². The third-order valence-electron chi connectivity index (χ3n) is 6.14. The Morgan fingerprint density at radius 1 is 0.900 bits per heavy atom. The van der Waals surface area contributed by atoms with Crippen LogP contribution in [-0.2, 0) is 0 Å². The molecule has 154 valence electrons. The first-order valence-corrected chi connectivity index (χ1v) is 11.0. The zero-order chi connectivity index (χ0) is 20.5. The van der Waals surface area contributed by atoms with E-state index in [1.807, 2.05) is 36.4 Å². The van der Waals surface area contributed by atoms with Crippen molar-refractivity contribution in [2.75, 3.05) is 5.32 Å². The number of benzene rings is 2. The van der Waals surface area contributed by atoms with E-state index < -0.39 is 0 Å². The average molecular weight is 440 g/mol. The maximum atomic E-state index is 6.26. The molecular weight excluding hydrogens is 417 g/mol. The van der Waals surface area contributed by atoms with E-state index in [9.17, 15) is 0 Å². The van der Waals surface area contributed by atoms with Crippen LogP contribution in [0.2, 0.25) is 10.0 Å². The maximum absolute atomic E-state index is 6.26. The van der Waals surface area contributed by atoms with Gasteiger partial charge in [-0.15, -0.1) is 0 Å². The second kappa shape index (κ2) is 8.52. The largest absolute Gasteiger partial charge is 0.367 e. The number of fused-ring (bicyclic) bond motifs is 1. The lowest BCUT2D eigenvalue weighted by molar-refractivity contribution is 0.289. The normalized spacial score (nSPS) is 25.7. The first-order chi connectivity index (χ1) is 14.7. The van der Waals surface area contributed by atoms with Gasteiger partial charge in [-0.25, -0.2) is 15.4 Å². The second-order valence-corrected chi connectivity index (χ2v) is 8.83. The molecule has 5 rings (SSSR count). The van der Waals surface area contributed by atoms with Crippen LogP contribution in [0.4, 0.5) is 5.82 Å². The molecule has 30 heavy (non-hydrogen) atoms. The summed E-state index contributed by atoms with van der Waals surface area (Å²) in [5, 5.41) is 4.83. The van der Waals surface area contributed by atoms with E-state index in [-0.39, 0.29) is 6.04 Å². The van der Waals surface area contributed by atoms with E-state index in [0.717, 1.165) is 36.3 Å². The molecule has 7 heteroatoms. The number of halogens is 2. The van der Waals surface area contributed by atoms with Crippen molar-refractivity contribution in [3.05, 3.63) is 76.5 Å². The van der Waals surface area contributed by atoms with Crippen LogP contribution >= 0.6 is 23.2 Å². The highest BCUT2D eigenvalue weighted by molar-refractivity contribution is 6.42. The van der Waals surface area contributed by atoms with Gasteiger partial charge in [-0.3, -0.25) is 5.43 Å². The number of nitrogens with one attached hydrogen (secondary N) is 3. The summed E-state index contributed by atoms with van der Waals surface area (Å²) in [5.74, 6) is 1.33. The fourth-order valence-electron chi connectivity index (χ4n) is 4.64. The monoisotopic (exact) mass is 439 g/mol. The minimum Gasteiger partial charge on any atom is -0.367 e.